The number of fused-ring (bicyclic) bond motifs is 11. The molecule has 0 radical (unpaired) electrons. The summed E-state index contributed by atoms with van der Waals surface area (Å²) in [4.78, 5) is 3.98. The topological polar surface area (TPSA) is 98.2 Å². The summed E-state index contributed by atoms with van der Waals surface area (Å²) in [6.45, 7) is 19.4. The van der Waals surface area contributed by atoms with E-state index in [-0.39, 0.29) is 47.2 Å². The predicted molar refractivity (Wildman–Crippen MR) is 174 cm³/mol. The average Bonchev–Trinajstić information content (AvgIpc) is 3.53. The van der Waals surface area contributed by atoms with Gasteiger partial charge in [0.1, 0.15) is 17.3 Å². The third kappa shape index (κ3) is 3.03. The molecule has 6 nitrogen and oxygen atoms in total. The Morgan fingerprint density at radius 1 is 1.13 bits per heavy atom. The highest BCUT2D eigenvalue weighted by Gasteiger charge is 2.85. The lowest BCUT2D eigenvalue weighted by Crippen LogP contribution is -2.74. The molecule has 2 aromatic rings. The molecule has 242 valence electrons. The molecule has 0 unspecified atom stereocenters. The molecular weight excluding hydrogens is 562 g/mol. The van der Waals surface area contributed by atoms with Gasteiger partial charge in [-0.1, -0.05) is 44.2 Å². The van der Waals surface area contributed by atoms with Gasteiger partial charge in [0.15, 0.2) is 0 Å². The zero-order chi connectivity index (χ0) is 31.8. The number of nitrogens with one attached hydrogen (secondary N) is 1. The average molecular weight is 614 g/mol. The van der Waals surface area contributed by atoms with Gasteiger partial charge >= 0.3 is 0 Å². The van der Waals surface area contributed by atoms with Gasteiger partial charge in [0.2, 0.25) is 0 Å². The van der Waals surface area contributed by atoms with E-state index in [1.54, 1.807) is 0 Å². The monoisotopic (exact) mass is 613 g/mol. The van der Waals surface area contributed by atoms with Crippen LogP contribution in [-0.4, -0.2) is 56.4 Å². The molecule has 1 aromatic heterocycles. The van der Waals surface area contributed by atoms with Crippen LogP contribution >= 0.6 is 0 Å². The molecule has 4 N–H and O–H groups in total. The lowest BCUT2D eigenvalue weighted by molar-refractivity contribution is -0.246. The fourth-order valence-electron chi connectivity index (χ4n) is 13.1. The number of ether oxygens (including phenoxy) is 2. The fraction of sp³-hybridized carbons (Fsp3) is 0.692. The minimum absolute atomic E-state index is 0.0190. The van der Waals surface area contributed by atoms with Crippen molar-refractivity contribution in [2.45, 2.75) is 126 Å². The second kappa shape index (κ2) is 8.54. The largest absolute Gasteiger partial charge is 0.390 e. The number of allylic oxidation sites excluding steroid dienone is 1. The minimum Gasteiger partial charge on any atom is -0.390 e. The summed E-state index contributed by atoms with van der Waals surface area (Å²) in [7, 11) is 1.86. The van der Waals surface area contributed by atoms with E-state index in [4.69, 9.17) is 9.47 Å². The highest BCUT2D eigenvalue weighted by Crippen LogP contribution is 2.78. The van der Waals surface area contributed by atoms with Crippen molar-refractivity contribution in [2.24, 2.45) is 35.0 Å². The van der Waals surface area contributed by atoms with E-state index in [2.05, 4.69) is 44.1 Å². The number of aromatic nitrogens is 1. The Bertz CT molecular complexity index is 1680. The molecule has 13 atom stereocenters. The number of epoxide rings is 1. The molecule has 1 spiro atoms. The summed E-state index contributed by atoms with van der Waals surface area (Å²) in [6, 6.07) is 4.52. The van der Waals surface area contributed by atoms with Gasteiger partial charge in [-0.25, -0.2) is 0 Å². The molecule has 6 heteroatoms. The van der Waals surface area contributed by atoms with E-state index in [1.807, 2.05) is 27.9 Å². The SMILES string of the molecule is C=C(C)[C@H]1C[C@H]2CC[C@@]3(C)[C@@](O)(CC[C@H]4[C@H](OC)c5c([nH]c6ccc7c(c56)[C@H]5[C@H](C[C@@H]5C(C)(C)O)C(=C)C7)[C@@]43C)[C@]23O[C@@H]3[C@H]1O. The van der Waals surface area contributed by atoms with E-state index in [1.165, 1.54) is 33.3 Å². The van der Waals surface area contributed by atoms with Crippen molar-refractivity contribution in [3.05, 3.63) is 58.8 Å². The van der Waals surface area contributed by atoms with Crippen molar-refractivity contribution in [2.75, 3.05) is 7.11 Å². The first-order chi connectivity index (χ1) is 21.2. The van der Waals surface area contributed by atoms with Crippen LogP contribution in [0.1, 0.15) is 108 Å². The maximum Gasteiger partial charge on any atom is 0.129 e. The molecular formula is C39H51NO5. The molecule has 45 heavy (non-hydrogen) atoms. The molecule has 2 heterocycles. The molecule has 7 aliphatic rings. The van der Waals surface area contributed by atoms with Crippen molar-refractivity contribution in [1.82, 2.24) is 4.98 Å². The first-order valence-corrected chi connectivity index (χ1v) is 17.5. The Labute approximate surface area is 267 Å². The third-order valence-electron chi connectivity index (χ3n) is 15.6. The number of aliphatic hydroxyl groups excluding tert-OH is 1. The van der Waals surface area contributed by atoms with Crippen LogP contribution in [0.3, 0.4) is 0 Å². The lowest BCUT2D eigenvalue weighted by atomic mass is 9.38. The number of methoxy groups -OCH3 is 1. The molecule has 0 amide bonds. The molecule has 4 saturated carbocycles. The zero-order valence-corrected chi connectivity index (χ0v) is 27.9. The molecule has 6 aliphatic carbocycles. The normalized spacial score (nSPS) is 49.1. The van der Waals surface area contributed by atoms with Gasteiger partial charge in [0, 0.05) is 51.9 Å². The highest BCUT2D eigenvalue weighted by atomic mass is 16.6. The molecule has 1 saturated heterocycles. The van der Waals surface area contributed by atoms with Gasteiger partial charge < -0.3 is 29.8 Å². The Kier molecular flexibility index (Phi) is 5.54. The van der Waals surface area contributed by atoms with Crippen molar-refractivity contribution in [3.63, 3.8) is 0 Å². The number of benzene rings is 1. The number of rotatable bonds is 3. The summed E-state index contributed by atoms with van der Waals surface area (Å²) in [5.74, 6) is 1.25. The molecule has 9 rings (SSSR count). The second-order valence-electron chi connectivity index (χ2n) is 17.4. The summed E-state index contributed by atoms with van der Waals surface area (Å²) >= 11 is 0. The van der Waals surface area contributed by atoms with Crippen LogP contribution in [0.4, 0.5) is 0 Å². The van der Waals surface area contributed by atoms with Crippen molar-refractivity contribution < 1.29 is 24.8 Å². The van der Waals surface area contributed by atoms with Gasteiger partial charge in [-0.05, 0) is 107 Å². The van der Waals surface area contributed by atoms with E-state index in [0.717, 1.165) is 49.6 Å². The number of aromatic amines is 1. The van der Waals surface area contributed by atoms with Gasteiger partial charge in [-0.2, -0.15) is 0 Å². The second-order valence-corrected chi connectivity index (χ2v) is 17.4. The first-order valence-electron chi connectivity index (χ1n) is 17.5. The van der Waals surface area contributed by atoms with Gasteiger partial charge in [-0.3, -0.25) is 0 Å². The number of H-pyrrole nitrogens is 1. The third-order valence-corrected chi connectivity index (χ3v) is 15.6. The molecule has 5 fully saturated rings. The molecule has 1 aromatic carbocycles. The number of hydrogen-bond acceptors (Lipinski definition) is 5. The maximum atomic E-state index is 13.2. The Balaban J connectivity index is 1.23. The number of hydrogen-bond donors (Lipinski definition) is 4. The highest BCUT2D eigenvalue weighted by molar-refractivity contribution is 5.92. The fourth-order valence-corrected chi connectivity index (χ4v) is 13.1. The smallest absolute Gasteiger partial charge is 0.129 e. The van der Waals surface area contributed by atoms with Crippen molar-refractivity contribution in [1.29, 1.82) is 0 Å². The van der Waals surface area contributed by atoms with Crippen LogP contribution in [0.25, 0.3) is 10.9 Å². The Hall–Kier alpha value is -1.96. The van der Waals surface area contributed by atoms with E-state index >= 15 is 0 Å². The van der Waals surface area contributed by atoms with Gasteiger partial charge in [0.05, 0.1) is 17.8 Å². The first kappa shape index (κ1) is 29.2. The lowest BCUT2D eigenvalue weighted by Gasteiger charge is -2.66. The summed E-state index contributed by atoms with van der Waals surface area (Å²) in [6.07, 6.45) is 4.97. The van der Waals surface area contributed by atoms with Gasteiger partial charge in [0.25, 0.3) is 0 Å². The Morgan fingerprint density at radius 3 is 2.58 bits per heavy atom. The van der Waals surface area contributed by atoms with E-state index in [9.17, 15) is 15.3 Å². The van der Waals surface area contributed by atoms with Crippen LogP contribution in [0.15, 0.2) is 36.4 Å². The number of aliphatic hydroxyl groups is 3. The van der Waals surface area contributed by atoms with Crippen molar-refractivity contribution in [3.8, 4) is 0 Å². The van der Waals surface area contributed by atoms with E-state index in [0.29, 0.717) is 12.3 Å². The van der Waals surface area contributed by atoms with Crippen molar-refractivity contribution >= 4 is 10.9 Å². The summed E-state index contributed by atoms with van der Waals surface area (Å²) in [5, 5.41) is 37.3. The van der Waals surface area contributed by atoms with Crippen LogP contribution in [0.5, 0.6) is 0 Å². The van der Waals surface area contributed by atoms with Crippen LogP contribution < -0.4 is 0 Å². The quantitative estimate of drug-likeness (QED) is 0.238. The molecule has 1 aliphatic heterocycles. The molecule has 0 bridgehead atoms. The maximum absolute atomic E-state index is 13.2. The van der Waals surface area contributed by atoms with Crippen LogP contribution in [0, 0.1) is 35.0 Å². The standard InChI is InChI=1S/C39H51NO5/c1-18(2)22-16-21-11-13-36(6)37(7)24(12-14-38(36,43)39(21)34(45-39)31(22)41)32(44-8)30-29-26(40-33(30)37)10-9-20-15-19(3)23-17-25(35(4,5)42)28(23)27(20)29/h9-10,21-25,28,31-32,34,40-43H,1,3,11-17H2,2,4-8H3/t21-,22-,23-,24+,25+,28+,31+,32+,34-,36-,37-,38+,39+/m1/s1. The van der Waals surface area contributed by atoms with E-state index < -0.39 is 28.3 Å². The zero-order valence-electron chi connectivity index (χ0n) is 27.9. The minimum atomic E-state index is -1.07. The summed E-state index contributed by atoms with van der Waals surface area (Å²) in [5.41, 5.74) is 5.21. The van der Waals surface area contributed by atoms with Crippen LogP contribution in [0.2, 0.25) is 0 Å². The van der Waals surface area contributed by atoms with Crippen LogP contribution in [-0.2, 0) is 21.3 Å². The van der Waals surface area contributed by atoms with Gasteiger partial charge in [-0.15, -0.1) is 0 Å². The predicted octanol–water partition coefficient (Wildman–Crippen LogP) is 6.38. The Morgan fingerprint density at radius 2 is 1.89 bits per heavy atom. The summed E-state index contributed by atoms with van der Waals surface area (Å²) < 4.78 is 13.2.